The minimum absolute atomic E-state index is 0.272. The average Bonchev–Trinajstić information content (AvgIpc) is 2.71. The van der Waals surface area contributed by atoms with E-state index < -0.39 is 0 Å². The van der Waals surface area contributed by atoms with Crippen LogP contribution in [0.4, 0.5) is 15.8 Å². The van der Waals surface area contributed by atoms with Crippen molar-refractivity contribution in [2.45, 2.75) is 25.9 Å². The zero-order chi connectivity index (χ0) is 19.8. The van der Waals surface area contributed by atoms with Gasteiger partial charge in [0, 0.05) is 37.9 Å². The summed E-state index contributed by atoms with van der Waals surface area (Å²) in [5.74, 6) is 0.349. The summed E-state index contributed by atoms with van der Waals surface area (Å²) in [6.45, 7) is 5.52. The van der Waals surface area contributed by atoms with E-state index in [9.17, 15) is 9.18 Å². The smallest absolute Gasteiger partial charge is 0.149 e. The average molecular weight is 386 g/mol. The van der Waals surface area contributed by atoms with Crippen molar-refractivity contribution >= 4 is 17.7 Å². The van der Waals surface area contributed by atoms with Crippen molar-refractivity contribution in [2.75, 3.05) is 43.1 Å². The van der Waals surface area contributed by atoms with Crippen LogP contribution in [-0.4, -0.2) is 45.2 Å². The van der Waals surface area contributed by atoms with Gasteiger partial charge in [-0.2, -0.15) is 0 Å². The van der Waals surface area contributed by atoms with Gasteiger partial charge >= 0.3 is 0 Å². The molecule has 28 heavy (non-hydrogen) atoms. The molecule has 1 atom stereocenters. The molecule has 6 heteroatoms. The van der Waals surface area contributed by atoms with Crippen molar-refractivity contribution in [2.24, 2.45) is 0 Å². The Morgan fingerprint density at radius 2 is 2.11 bits per heavy atom. The number of carbonyl (C=O) groups excluding carboxylic acids is 1. The Labute approximate surface area is 165 Å². The summed E-state index contributed by atoms with van der Waals surface area (Å²) in [5.41, 5.74) is 3.08. The first kappa shape index (κ1) is 20.1. The molecule has 0 bridgehead atoms. The molecule has 1 aliphatic rings. The first-order chi connectivity index (χ1) is 13.7. The number of nitrogens with one attached hydrogen (secondary N) is 1. The highest BCUT2D eigenvalue weighted by Gasteiger charge is 2.18. The number of rotatable bonds is 10. The Morgan fingerprint density at radius 1 is 1.29 bits per heavy atom. The third kappa shape index (κ3) is 5.45. The number of carbonyl (C=O) groups is 1. The number of benzene rings is 2. The predicted octanol–water partition coefficient (Wildman–Crippen LogP) is 3.67. The van der Waals surface area contributed by atoms with Crippen molar-refractivity contribution < 1.29 is 18.7 Å². The molecule has 0 saturated carbocycles. The summed E-state index contributed by atoms with van der Waals surface area (Å²) < 4.78 is 24.3. The van der Waals surface area contributed by atoms with Crippen LogP contribution in [0.3, 0.4) is 0 Å². The van der Waals surface area contributed by atoms with Crippen LogP contribution < -0.4 is 15.0 Å². The van der Waals surface area contributed by atoms with Crippen molar-refractivity contribution in [1.82, 2.24) is 0 Å². The summed E-state index contributed by atoms with van der Waals surface area (Å²) in [4.78, 5) is 13.2. The number of fused-ring (bicyclic) bond motifs is 1. The Morgan fingerprint density at radius 3 is 2.86 bits per heavy atom. The Bertz CT molecular complexity index is 767. The fraction of sp³-hybridized carbons (Fsp3) is 0.409. The number of nitrogens with zero attached hydrogens (tertiary/aromatic N) is 1. The normalized spacial score (nSPS) is 14.1. The monoisotopic (exact) mass is 386 g/mol. The fourth-order valence-electron chi connectivity index (χ4n) is 3.34. The maximum absolute atomic E-state index is 13.3. The third-order valence-electron chi connectivity index (χ3n) is 4.74. The highest BCUT2D eigenvalue weighted by Crippen LogP contribution is 2.32. The maximum Gasteiger partial charge on any atom is 0.149 e. The van der Waals surface area contributed by atoms with Gasteiger partial charge in [0.15, 0.2) is 0 Å². The second kappa shape index (κ2) is 10.1. The summed E-state index contributed by atoms with van der Waals surface area (Å²) in [6, 6.07) is 12.8. The standard InChI is InChI=1S/C22H27FN2O3/c1-2-27-20(16-26)14-17-4-7-19(8-5-17)24-10-3-11-25-12-13-28-22-15-18(23)6-9-21(22)25/h4-9,15-16,20,24H,2-3,10-14H2,1H3. The second-order valence-electron chi connectivity index (χ2n) is 6.76. The zero-order valence-corrected chi connectivity index (χ0v) is 16.2. The molecular formula is C22H27FN2O3. The lowest BCUT2D eigenvalue weighted by Gasteiger charge is -2.31. The molecule has 0 aliphatic carbocycles. The second-order valence-corrected chi connectivity index (χ2v) is 6.76. The number of hydrogen-bond acceptors (Lipinski definition) is 5. The van der Waals surface area contributed by atoms with Crippen LogP contribution in [0, 0.1) is 5.82 Å². The molecule has 1 unspecified atom stereocenters. The van der Waals surface area contributed by atoms with E-state index in [4.69, 9.17) is 9.47 Å². The van der Waals surface area contributed by atoms with Crippen molar-refractivity contribution in [3.05, 3.63) is 53.8 Å². The number of ether oxygens (including phenoxy) is 2. The van der Waals surface area contributed by atoms with E-state index in [1.165, 1.54) is 12.1 Å². The van der Waals surface area contributed by atoms with Crippen LogP contribution in [0.2, 0.25) is 0 Å². The van der Waals surface area contributed by atoms with Crippen molar-refractivity contribution in [1.29, 1.82) is 0 Å². The molecule has 0 amide bonds. The van der Waals surface area contributed by atoms with Crippen LogP contribution in [0.1, 0.15) is 18.9 Å². The maximum atomic E-state index is 13.3. The molecule has 1 heterocycles. The first-order valence-electron chi connectivity index (χ1n) is 9.76. The lowest BCUT2D eigenvalue weighted by Crippen LogP contribution is -2.34. The van der Waals surface area contributed by atoms with Crippen LogP contribution in [0.5, 0.6) is 5.75 Å². The summed E-state index contributed by atoms with van der Waals surface area (Å²) >= 11 is 0. The van der Waals surface area contributed by atoms with Gasteiger partial charge in [-0.05, 0) is 43.2 Å². The van der Waals surface area contributed by atoms with Crippen LogP contribution in [-0.2, 0) is 16.0 Å². The Balaban J connectivity index is 1.44. The first-order valence-corrected chi connectivity index (χ1v) is 9.76. The molecule has 0 fully saturated rings. The van der Waals surface area contributed by atoms with Gasteiger partial charge in [-0.25, -0.2) is 4.39 Å². The molecule has 1 N–H and O–H groups in total. The number of aldehydes is 1. The minimum Gasteiger partial charge on any atom is -0.489 e. The zero-order valence-electron chi connectivity index (χ0n) is 16.2. The van der Waals surface area contributed by atoms with E-state index >= 15 is 0 Å². The summed E-state index contributed by atoms with van der Waals surface area (Å²) in [6.07, 6.45) is 2.02. The van der Waals surface area contributed by atoms with Crippen LogP contribution in [0.15, 0.2) is 42.5 Å². The van der Waals surface area contributed by atoms with Crippen LogP contribution in [0.25, 0.3) is 0 Å². The van der Waals surface area contributed by atoms with E-state index in [1.54, 1.807) is 6.07 Å². The van der Waals surface area contributed by atoms with E-state index in [-0.39, 0.29) is 11.9 Å². The molecule has 0 spiro atoms. The van der Waals surface area contributed by atoms with Gasteiger partial charge in [0.25, 0.3) is 0 Å². The van der Waals surface area contributed by atoms with Crippen molar-refractivity contribution in [3.63, 3.8) is 0 Å². The lowest BCUT2D eigenvalue weighted by molar-refractivity contribution is -0.117. The van der Waals surface area contributed by atoms with Gasteiger partial charge in [-0.15, -0.1) is 0 Å². The molecule has 3 rings (SSSR count). The molecule has 1 aliphatic heterocycles. The quantitative estimate of drug-likeness (QED) is 0.499. The molecule has 150 valence electrons. The Hall–Kier alpha value is -2.60. The minimum atomic E-state index is -0.381. The third-order valence-corrected chi connectivity index (χ3v) is 4.74. The molecule has 0 radical (unpaired) electrons. The predicted molar refractivity (Wildman–Crippen MR) is 109 cm³/mol. The molecule has 0 aromatic heterocycles. The van der Waals surface area contributed by atoms with E-state index in [0.29, 0.717) is 25.4 Å². The molecule has 2 aromatic rings. The van der Waals surface area contributed by atoms with Crippen molar-refractivity contribution in [3.8, 4) is 5.75 Å². The topological polar surface area (TPSA) is 50.8 Å². The molecule has 2 aromatic carbocycles. The van der Waals surface area contributed by atoms with Crippen LogP contribution >= 0.6 is 0 Å². The number of halogens is 1. The molecule has 5 nitrogen and oxygen atoms in total. The number of hydrogen-bond donors (Lipinski definition) is 1. The number of anilines is 2. The Kier molecular flexibility index (Phi) is 7.25. The van der Waals surface area contributed by atoms with Gasteiger partial charge in [-0.1, -0.05) is 12.1 Å². The van der Waals surface area contributed by atoms with E-state index in [2.05, 4.69) is 10.2 Å². The van der Waals surface area contributed by atoms with Gasteiger partial charge in [0.05, 0.1) is 12.2 Å². The highest BCUT2D eigenvalue weighted by atomic mass is 19.1. The SMILES string of the molecule is CCOC(C=O)Cc1ccc(NCCCN2CCOc3cc(F)ccc32)cc1. The van der Waals surface area contributed by atoms with E-state index in [1.807, 2.05) is 31.2 Å². The lowest BCUT2D eigenvalue weighted by atomic mass is 10.1. The largest absolute Gasteiger partial charge is 0.489 e. The van der Waals surface area contributed by atoms with E-state index in [0.717, 1.165) is 49.3 Å². The highest BCUT2D eigenvalue weighted by molar-refractivity contribution is 5.60. The van der Waals surface area contributed by atoms with Gasteiger partial charge in [-0.3, -0.25) is 0 Å². The fourth-order valence-corrected chi connectivity index (χ4v) is 3.34. The van der Waals surface area contributed by atoms with Gasteiger partial charge < -0.3 is 24.5 Å². The molecule has 0 saturated heterocycles. The van der Waals surface area contributed by atoms with Gasteiger partial charge in [0.2, 0.25) is 0 Å². The summed E-state index contributed by atoms with van der Waals surface area (Å²) in [7, 11) is 0. The van der Waals surface area contributed by atoms with Gasteiger partial charge in [0.1, 0.15) is 30.6 Å². The summed E-state index contributed by atoms with van der Waals surface area (Å²) in [5, 5.41) is 3.42. The molecular weight excluding hydrogens is 359 g/mol.